The summed E-state index contributed by atoms with van der Waals surface area (Å²) < 4.78 is 10.8. The van der Waals surface area contributed by atoms with Crippen molar-refractivity contribution in [3.63, 3.8) is 0 Å². The first-order valence-electron chi connectivity index (χ1n) is 6.21. The van der Waals surface area contributed by atoms with Gasteiger partial charge in [0.2, 0.25) is 5.76 Å². The van der Waals surface area contributed by atoms with E-state index >= 15 is 0 Å². The molecule has 1 heterocycles. The Balaban J connectivity index is 1.93. The van der Waals surface area contributed by atoms with Crippen molar-refractivity contribution in [1.29, 1.82) is 0 Å². The fraction of sp³-hybridized carbons (Fsp3) is 0.0625. The number of para-hydroxylation sites is 1. The number of fused-ring (bicyclic) bond motifs is 1. The molecule has 0 unspecified atom stereocenters. The second kappa shape index (κ2) is 5.43. The molecule has 3 aromatic rings. The number of hydrogen-bond donors (Lipinski definition) is 0. The van der Waals surface area contributed by atoms with Crippen LogP contribution in [0.15, 0.2) is 46.9 Å². The molecular weight excluding hydrogens is 311 g/mol. The highest BCUT2D eigenvalue weighted by Gasteiger charge is 2.19. The molecule has 0 saturated heterocycles. The van der Waals surface area contributed by atoms with Crippen molar-refractivity contribution in [3.8, 4) is 5.75 Å². The smallest absolute Gasteiger partial charge is 0.379 e. The number of furan rings is 1. The maximum atomic E-state index is 12.2. The monoisotopic (exact) mass is 320 g/mol. The van der Waals surface area contributed by atoms with E-state index in [1.54, 1.807) is 18.2 Å². The Bertz CT molecular complexity index is 837. The van der Waals surface area contributed by atoms with Gasteiger partial charge in [-0.25, -0.2) is 4.79 Å². The average Bonchev–Trinajstić information content (AvgIpc) is 2.81. The summed E-state index contributed by atoms with van der Waals surface area (Å²) in [4.78, 5) is 12.2. The van der Waals surface area contributed by atoms with Crippen molar-refractivity contribution in [3.05, 3.63) is 63.8 Å². The number of hydrogen-bond acceptors (Lipinski definition) is 3. The summed E-state index contributed by atoms with van der Waals surface area (Å²) in [5.41, 5.74) is 1.40. The Labute approximate surface area is 131 Å². The van der Waals surface area contributed by atoms with E-state index in [0.29, 0.717) is 21.4 Å². The predicted octanol–water partition coefficient (Wildman–Crippen LogP) is 5.27. The van der Waals surface area contributed by atoms with Crippen molar-refractivity contribution in [1.82, 2.24) is 0 Å². The van der Waals surface area contributed by atoms with E-state index in [1.807, 2.05) is 25.1 Å². The first kappa shape index (κ1) is 14.0. The van der Waals surface area contributed by atoms with Crippen LogP contribution < -0.4 is 4.74 Å². The third kappa shape index (κ3) is 2.62. The quantitative estimate of drug-likeness (QED) is 0.477. The van der Waals surface area contributed by atoms with Crippen LogP contribution in [0.25, 0.3) is 11.0 Å². The zero-order valence-electron chi connectivity index (χ0n) is 11.0. The Morgan fingerprint density at radius 2 is 1.86 bits per heavy atom. The molecular formula is C16H10Cl2O3. The molecule has 0 radical (unpaired) electrons. The maximum Gasteiger partial charge on any atom is 0.379 e. The summed E-state index contributed by atoms with van der Waals surface area (Å²) in [7, 11) is 0. The van der Waals surface area contributed by atoms with Gasteiger partial charge in [-0.05, 0) is 25.1 Å². The third-order valence-corrected chi connectivity index (χ3v) is 3.87. The zero-order chi connectivity index (χ0) is 15.0. The van der Waals surface area contributed by atoms with Gasteiger partial charge in [-0.1, -0.05) is 41.4 Å². The second-order valence-electron chi connectivity index (χ2n) is 4.52. The fourth-order valence-corrected chi connectivity index (χ4v) is 2.35. The number of carbonyl (C=O) groups excluding carboxylic acids is 1. The Kier molecular flexibility index (Phi) is 3.62. The summed E-state index contributed by atoms with van der Waals surface area (Å²) in [6.45, 7) is 1.82. The summed E-state index contributed by atoms with van der Waals surface area (Å²) in [6.07, 6.45) is 0. The van der Waals surface area contributed by atoms with Crippen molar-refractivity contribution in [2.45, 2.75) is 6.92 Å². The Morgan fingerprint density at radius 3 is 2.57 bits per heavy atom. The van der Waals surface area contributed by atoms with Gasteiger partial charge < -0.3 is 9.15 Å². The topological polar surface area (TPSA) is 39.4 Å². The molecule has 0 aliphatic rings. The first-order chi connectivity index (χ1) is 10.1. The minimum atomic E-state index is -0.568. The van der Waals surface area contributed by atoms with Gasteiger partial charge >= 0.3 is 5.97 Å². The average molecular weight is 321 g/mol. The van der Waals surface area contributed by atoms with Crippen LogP contribution in [0.3, 0.4) is 0 Å². The summed E-state index contributed by atoms with van der Waals surface area (Å²) in [5.74, 6) is -0.0707. The molecule has 3 nitrogen and oxygen atoms in total. The molecule has 0 spiro atoms. The van der Waals surface area contributed by atoms with E-state index in [4.69, 9.17) is 32.4 Å². The van der Waals surface area contributed by atoms with E-state index in [-0.39, 0.29) is 5.76 Å². The minimum Gasteiger partial charge on any atom is -0.449 e. The molecule has 1 aromatic heterocycles. The van der Waals surface area contributed by atoms with Crippen LogP contribution in [0.1, 0.15) is 16.1 Å². The number of rotatable bonds is 2. The number of benzene rings is 2. The largest absolute Gasteiger partial charge is 0.449 e. The number of ether oxygens (including phenoxy) is 1. The third-order valence-electron chi connectivity index (χ3n) is 3.13. The van der Waals surface area contributed by atoms with Crippen LogP contribution in [0.5, 0.6) is 5.75 Å². The second-order valence-corrected chi connectivity index (χ2v) is 5.33. The van der Waals surface area contributed by atoms with Gasteiger partial charge in [0.25, 0.3) is 0 Å². The standard InChI is InChI=1S/C16H10Cl2O3/c1-9-11-4-2-3-5-14(11)21-15(9)16(19)20-10-6-7-12(17)13(18)8-10/h2-8H,1H3. The Hall–Kier alpha value is -1.97. The van der Waals surface area contributed by atoms with E-state index in [1.165, 1.54) is 6.07 Å². The molecule has 106 valence electrons. The van der Waals surface area contributed by atoms with Gasteiger partial charge in [-0.15, -0.1) is 0 Å². The van der Waals surface area contributed by atoms with Crippen molar-refractivity contribution < 1.29 is 13.9 Å². The lowest BCUT2D eigenvalue weighted by atomic mass is 10.1. The molecule has 0 aliphatic heterocycles. The SMILES string of the molecule is Cc1c(C(=O)Oc2ccc(Cl)c(Cl)c2)oc2ccccc12. The molecule has 0 amide bonds. The molecule has 0 aliphatic carbocycles. The number of halogens is 2. The van der Waals surface area contributed by atoms with Crippen LogP contribution >= 0.6 is 23.2 Å². The van der Waals surface area contributed by atoms with E-state index in [9.17, 15) is 4.79 Å². The predicted molar refractivity (Wildman–Crippen MR) is 82.4 cm³/mol. The van der Waals surface area contributed by atoms with E-state index in [0.717, 1.165) is 10.9 Å². The summed E-state index contributed by atoms with van der Waals surface area (Å²) in [6, 6.07) is 12.1. The first-order valence-corrected chi connectivity index (χ1v) is 6.97. The normalized spacial score (nSPS) is 10.8. The molecule has 0 bridgehead atoms. The van der Waals surface area contributed by atoms with Crippen LogP contribution in [0, 0.1) is 6.92 Å². The fourth-order valence-electron chi connectivity index (χ4n) is 2.06. The molecule has 0 saturated carbocycles. The molecule has 2 aromatic carbocycles. The van der Waals surface area contributed by atoms with Gasteiger partial charge in [-0.2, -0.15) is 0 Å². The van der Waals surface area contributed by atoms with Gasteiger partial charge in [0.1, 0.15) is 11.3 Å². The lowest BCUT2D eigenvalue weighted by Crippen LogP contribution is -2.08. The van der Waals surface area contributed by atoms with Crippen molar-refractivity contribution in [2.24, 2.45) is 0 Å². The highest BCUT2D eigenvalue weighted by atomic mass is 35.5. The van der Waals surface area contributed by atoms with Crippen molar-refractivity contribution >= 4 is 40.1 Å². The molecule has 0 N–H and O–H groups in total. The van der Waals surface area contributed by atoms with Gasteiger partial charge in [0.15, 0.2) is 0 Å². The lowest BCUT2D eigenvalue weighted by molar-refractivity contribution is 0.0703. The van der Waals surface area contributed by atoms with Gasteiger partial charge in [0, 0.05) is 17.0 Å². The van der Waals surface area contributed by atoms with Crippen LogP contribution in [0.2, 0.25) is 10.0 Å². The molecule has 3 rings (SSSR count). The zero-order valence-corrected chi connectivity index (χ0v) is 12.5. The lowest BCUT2D eigenvalue weighted by Gasteiger charge is -2.04. The van der Waals surface area contributed by atoms with Crippen LogP contribution in [-0.4, -0.2) is 5.97 Å². The Morgan fingerprint density at radius 1 is 1.10 bits per heavy atom. The van der Waals surface area contributed by atoms with Crippen molar-refractivity contribution in [2.75, 3.05) is 0 Å². The van der Waals surface area contributed by atoms with Crippen LogP contribution in [0.4, 0.5) is 0 Å². The molecule has 0 atom stereocenters. The summed E-state index contributed by atoms with van der Waals surface area (Å²) in [5, 5.41) is 1.61. The van der Waals surface area contributed by atoms with Gasteiger partial charge in [0.05, 0.1) is 10.0 Å². The number of carbonyl (C=O) groups is 1. The van der Waals surface area contributed by atoms with Crippen LogP contribution in [-0.2, 0) is 0 Å². The van der Waals surface area contributed by atoms with E-state index in [2.05, 4.69) is 0 Å². The van der Waals surface area contributed by atoms with Gasteiger partial charge in [-0.3, -0.25) is 0 Å². The molecule has 21 heavy (non-hydrogen) atoms. The molecule has 5 heteroatoms. The molecule has 0 fully saturated rings. The summed E-state index contributed by atoms with van der Waals surface area (Å²) >= 11 is 11.7. The highest BCUT2D eigenvalue weighted by Crippen LogP contribution is 2.29. The highest BCUT2D eigenvalue weighted by molar-refractivity contribution is 6.42. The number of esters is 1. The maximum absolute atomic E-state index is 12.2. The number of aryl methyl sites for hydroxylation is 1. The minimum absolute atomic E-state index is 0.183. The van der Waals surface area contributed by atoms with E-state index < -0.39 is 5.97 Å².